The minimum atomic E-state index is -5.31. The van der Waals surface area contributed by atoms with Gasteiger partial charge in [-0.15, -0.1) is 11.3 Å². The lowest BCUT2D eigenvalue weighted by molar-refractivity contribution is -0.148. The van der Waals surface area contributed by atoms with E-state index in [2.05, 4.69) is 10.3 Å². The number of likely N-dealkylation sites (tertiary alicyclic amines) is 1. The predicted octanol–water partition coefficient (Wildman–Crippen LogP) is 8.99. The van der Waals surface area contributed by atoms with Crippen LogP contribution in [0.15, 0.2) is 109 Å². The zero-order valence-electron chi connectivity index (χ0n) is 34.5. The summed E-state index contributed by atoms with van der Waals surface area (Å²) in [5.41, 5.74) is -2.98. The molecular formula is C46H45F2N4O8PS3. The number of carbonyl (C=O) groups excluding carboxylic acids is 5. The van der Waals surface area contributed by atoms with Crippen molar-refractivity contribution in [3.8, 4) is 0 Å². The number of amides is 3. The molecule has 0 bridgehead atoms. The van der Waals surface area contributed by atoms with E-state index in [1.165, 1.54) is 12.1 Å². The zero-order valence-corrected chi connectivity index (χ0v) is 37.9. The Bertz CT molecular complexity index is 2490. The third-order valence-corrected chi connectivity index (χ3v) is 16.5. The fourth-order valence-electron chi connectivity index (χ4n) is 8.26. The zero-order chi connectivity index (χ0) is 44.8. The maximum Gasteiger partial charge on any atom is 0.404 e. The van der Waals surface area contributed by atoms with Crippen molar-refractivity contribution in [2.75, 3.05) is 37.8 Å². The summed E-state index contributed by atoms with van der Waals surface area (Å²) in [7, 11) is -5.31. The predicted molar refractivity (Wildman–Crippen MR) is 244 cm³/mol. The van der Waals surface area contributed by atoms with E-state index in [1.54, 1.807) is 82.9 Å². The maximum atomic E-state index is 16.6. The van der Waals surface area contributed by atoms with Gasteiger partial charge < -0.3 is 24.2 Å². The highest BCUT2D eigenvalue weighted by Gasteiger charge is 2.55. The molecule has 334 valence electrons. The number of carbonyl (C=O) groups is 5. The number of pyridine rings is 1. The van der Waals surface area contributed by atoms with Crippen molar-refractivity contribution in [2.45, 2.75) is 61.8 Å². The van der Waals surface area contributed by atoms with Crippen LogP contribution in [0.5, 0.6) is 0 Å². The SMILES string of the molecule is O=C(SCCOP(=O)(OCCSC(=O)c1ccccc1)C(F)(F)c1ccc2sc(C(=O)N[C@H]3CCCC4CC[C@@H](C(=O)N5CC(c6cccnc6)C5)N4C3=O)cc2c1)c1ccccc1. The van der Waals surface area contributed by atoms with Gasteiger partial charge in [0.05, 0.1) is 18.1 Å². The average molecular weight is 947 g/mol. The monoisotopic (exact) mass is 946 g/mol. The number of fused-ring (bicyclic) bond motifs is 2. The lowest BCUT2D eigenvalue weighted by Crippen LogP contribution is -2.58. The Labute approximate surface area is 381 Å². The Morgan fingerprint density at radius 1 is 0.828 bits per heavy atom. The van der Waals surface area contributed by atoms with E-state index in [0.29, 0.717) is 61.0 Å². The Hall–Kier alpha value is -4.77. The molecule has 18 heteroatoms. The van der Waals surface area contributed by atoms with Gasteiger partial charge in [-0.3, -0.25) is 33.5 Å². The first kappa shape index (κ1) is 45.8. The van der Waals surface area contributed by atoms with E-state index >= 15 is 8.78 Å². The van der Waals surface area contributed by atoms with Crippen molar-refractivity contribution >= 4 is 80.5 Å². The molecule has 3 amide bonds. The highest BCUT2D eigenvalue weighted by atomic mass is 32.2. The van der Waals surface area contributed by atoms with E-state index in [4.69, 9.17) is 9.05 Å². The van der Waals surface area contributed by atoms with Crippen molar-refractivity contribution in [3.05, 3.63) is 137 Å². The first-order chi connectivity index (χ1) is 30.9. The van der Waals surface area contributed by atoms with E-state index in [0.717, 1.165) is 52.6 Å². The van der Waals surface area contributed by atoms with Crippen molar-refractivity contribution < 1.29 is 46.4 Å². The third kappa shape index (κ3) is 10.0. The number of nitrogens with zero attached hydrogens (tertiary/aromatic N) is 3. The van der Waals surface area contributed by atoms with Crippen LogP contribution in [0.1, 0.15) is 79.5 Å². The molecule has 3 aromatic carbocycles. The molecule has 0 spiro atoms. The van der Waals surface area contributed by atoms with Crippen molar-refractivity contribution in [3.63, 3.8) is 0 Å². The molecule has 5 heterocycles. The second kappa shape index (κ2) is 20.2. The molecule has 3 aliphatic rings. The Morgan fingerprint density at radius 3 is 2.11 bits per heavy atom. The number of benzene rings is 3. The van der Waals surface area contributed by atoms with Crippen LogP contribution >= 0.6 is 42.5 Å². The first-order valence-electron chi connectivity index (χ1n) is 21.0. The van der Waals surface area contributed by atoms with Crippen LogP contribution in [-0.4, -0.2) is 98.7 Å². The number of thiophene rings is 1. The van der Waals surface area contributed by atoms with Crippen molar-refractivity contribution in [2.24, 2.45) is 0 Å². The van der Waals surface area contributed by atoms with E-state index in [-0.39, 0.29) is 55.8 Å². The average Bonchev–Trinajstić information content (AvgIpc) is 3.90. The largest absolute Gasteiger partial charge is 0.404 e. The van der Waals surface area contributed by atoms with Gasteiger partial charge in [-0.25, -0.2) is 0 Å². The number of nitrogens with one attached hydrogen (secondary N) is 1. The quantitative estimate of drug-likeness (QED) is 0.0746. The number of halogens is 2. The molecule has 3 fully saturated rings. The van der Waals surface area contributed by atoms with Crippen molar-refractivity contribution in [1.29, 1.82) is 0 Å². The summed E-state index contributed by atoms with van der Waals surface area (Å²) in [5, 5.41) is 2.51. The van der Waals surface area contributed by atoms with Crippen LogP contribution in [0, 0.1) is 0 Å². The van der Waals surface area contributed by atoms with Gasteiger partial charge in [0, 0.05) is 70.3 Å². The Balaban J connectivity index is 0.931. The van der Waals surface area contributed by atoms with E-state index < -0.39 is 50.0 Å². The van der Waals surface area contributed by atoms with Crippen LogP contribution in [0.2, 0.25) is 0 Å². The number of alkyl halides is 2. The molecule has 3 aliphatic heterocycles. The fraction of sp³-hybridized carbons (Fsp3) is 0.348. The number of thioether (sulfide) groups is 2. The summed E-state index contributed by atoms with van der Waals surface area (Å²) in [6.07, 6.45) is 6.54. The van der Waals surface area contributed by atoms with Crippen LogP contribution in [0.25, 0.3) is 10.1 Å². The maximum absolute atomic E-state index is 16.6. The minimum absolute atomic E-state index is 0.0884. The second-order valence-corrected chi connectivity index (χ2v) is 21.0. The highest BCUT2D eigenvalue weighted by molar-refractivity contribution is 8.14. The third-order valence-electron chi connectivity index (χ3n) is 11.6. The van der Waals surface area contributed by atoms with Gasteiger partial charge >= 0.3 is 13.3 Å². The van der Waals surface area contributed by atoms with Gasteiger partial charge in [0.15, 0.2) is 0 Å². The minimum Gasteiger partial charge on any atom is -0.340 e. The molecule has 8 rings (SSSR count). The standard InChI is InChI=1S/C46H45F2N4O8PS3/c47-46(48,61(58,59-21-23-62-44(56)30-9-3-1-4-10-30)60-22-24-63-45(57)31-11-5-2-6-12-31)35-16-19-39-33(25-35)26-40(64-39)41(53)50-37-15-7-14-36-17-18-38(52(36)42(37)54)43(55)51-28-34(29-51)32-13-8-20-49-27-32/h1-6,8-13,16,19-20,25-27,34,36-38H,7,14-15,17-18,21-24,28-29H2,(H,50,53)/t36?,37-,38-/m0/s1. The topological polar surface area (TPSA) is 152 Å². The number of aromatic nitrogens is 1. The van der Waals surface area contributed by atoms with Crippen LogP contribution in [0.3, 0.4) is 0 Å². The molecule has 0 aliphatic carbocycles. The molecule has 12 nitrogen and oxygen atoms in total. The Kier molecular flexibility index (Phi) is 14.4. The number of hydrogen-bond acceptors (Lipinski definition) is 12. The van der Waals surface area contributed by atoms with E-state index in [1.807, 2.05) is 12.1 Å². The second-order valence-electron chi connectivity index (χ2n) is 15.7. The molecule has 2 aromatic heterocycles. The van der Waals surface area contributed by atoms with Gasteiger partial charge in [0.25, 0.3) is 5.91 Å². The molecule has 5 aromatic rings. The summed E-state index contributed by atoms with van der Waals surface area (Å²) in [6, 6.07) is 24.1. The Morgan fingerprint density at radius 2 is 1.48 bits per heavy atom. The lowest BCUT2D eigenvalue weighted by Gasteiger charge is -2.42. The van der Waals surface area contributed by atoms with Gasteiger partial charge in [0.1, 0.15) is 12.1 Å². The summed E-state index contributed by atoms with van der Waals surface area (Å²) in [6.45, 7) is 0.0976. The smallest absolute Gasteiger partial charge is 0.340 e. The summed E-state index contributed by atoms with van der Waals surface area (Å²) in [4.78, 5) is 74.6. The molecule has 1 unspecified atom stereocenters. The summed E-state index contributed by atoms with van der Waals surface area (Å²) in [5.74, 6) is -0.944. The van der Waals surface area contributed by atoms with Gasteiger partial charge in [-0.05, 0) is 67.3 Å². The summed E-state index contributed by atoms with van der Waals surface area (Å²) >= 11 is 2.70. The van der Waals surface area contributed by atoms with Crippen LogP contribution in [0.4, 0.5) is 8.78 Å². The number of hydrogen-bond donors (Lipinski definition) is 1. The van der Waals surface area contributed by atoms with Crippen LogP contribution in [-0.2, 0) is 28.9 Å². The summed E-state index contributed by atoms with van der Waals surface area (Å²) < 4.78 is 58.5. The molecule has 3 atom stereocenters. The van der Waals surface area contributed by atoms with Crippen molar-refractivity contribution in [1.82, 2.24) is 20.1 Å². The molecule has 0 radical (unpaired) electrons. The fourth-order valence-corrected chi connectivity index (χ4v) is 12.3. The van der Waals surface area contributed by atoms with Gasteiger partial charge in [0.2, 0.25) is 22.0 Å². The molecular weight excluding hydrogens is 902 g/mol. The lowest BCUT2D eigenvalue weighted by atomic mass is 9.92. The highest BCUT2D eigenvalue weighted by Crippen LogP contribution is 2.67. The molecule has 3 saturated heterocycles. The van der Waals surface area contributed by atoms with Gasteiger partial charge in [-0.2, -0.15) is 8.78 Å². The normalized spacial score (nSPS) is 19.2. The van der Waals surface area contributed by atoms with E-state index in [9.17, 15) is 28.5 Å². The molecule has 64 heavy (non-hydrogen) atoms. The molecule has 1 N–H and O–H groups in total. The molecule has 0 saturated carbocycles. The van der Waals surface area contributed by atoms with Gasteiger partial charge in [-0.1, -0.05) is 96.3 Å². The number of rotatable bonds is 16. The first-order valence-corrected chi connectivity index (χ1v) is 25.3. The van der Waals surface area contributed by atoms with Crippen LogP contribution < -0.4 is 5.32 Å².